The highest BCUT2D eigenvalue weighted by atomic mass is 32.2. The fourth-order valence-corrected chi connectivity index (χ4v) is 2.72. The van der Waals surface area contributed by atoms with Gasteiger partial charge in [-0.05, 0) is 37.1 Å². The van der Waals surface area contributed by atoms with Crippen LogP contribution in [0.5, 0.6) is 0 Å². The van der Waals surface area contributed by atoms with Crippen molar-refractivity contribution in [3.63, 3.8) is 0 Å². The first-order valence-corrected chi connectivity index (χ1v) is 8.76. The maximum absolute atomic E-state index is 11.4. The van der Waals surface area contributed by atoms with Crippen LogP contribution in [0, 0.1) is 12.8 Å². The van der Waals surface area contributed by atoms with E-state index >= 15 is 0 Å². The van der Waals surface area contributed by atoms with Crippen molar-refractivity contribution in [2.75, 3.05) is 11.6 Å². The Bertz CT molecular complexity index is 716. The molecule has 0 atom stereocenters. The molecule has 0 radical (unpaired) electrons. The average molecular weight is 307 g/mol. The van der Waals surface area contributed by atoms with Gasteiger partial charge in [0, 0.05) is 24.7 Å². The first kappa shape index (κ1) is 15.6. The topological polar surface area (TPSA) is 64.0 Å². The van der Waals surface area contributed by atoms with Crippen molar-refractivity contribution in [1.29, 1.82) is 0 Å². The zero-order valence-corrected chi connectivity index (χ0v) is 13.6. The second kappa shape index (κ2) is 5.89. The van der Waals surface area contributed by atoms with E-state index in [0.717, 1.165) is 23.9 Å². The molecule has 2 rings (SSSR count). The van der Waals surface area contributed by atoms with Gasteiger partial charge in [-0.15, -0.1) is 0 Å². The minimum Gasteiger partial charge on any atom is -0.326 e. The van der Waals surface area contributed by atoms with Gasteiger partial charge in [-0.3, -0.25) is 0 Å². The highest BCUT2D eigenvalue weighted by Gasteiger charge is 2.09. The Kier molecular flexibility index (Phi) is 4.37. The Labute approximate surface area is 125 Å². The normalized spacial score (nSPS) is 11.9. The van der Waals surface area contributed by atoms with Crippen molar-refractivity contribution >= 4 is 21.5 Å². The molecular formula is C15H21N3O2S. The smallest absolute Gasteiger partial charge is 0.207 e. The van der Waals surface area contributed by atoms with Gasteiger partial charge in [-0.1, -0.05) is 13.8 Å². The molecule has 0 aliphatic carbocycles. The van der Waals surface area contributed by atoms with Gasteiger partial charge in [-0.25, -0.2) is 13.4 Å². The summed E-state index contributed by atoms with van der Waals surface area (Å²) >= 11 is 0. The van der Waals surface area contributed by atoms with Crippen LogP contribution in [-0.4, -0.2) is 24.2 Å². The number of sulfone groups is 1. The molecule has 114 valence electrons. The lowest BCUT2D eigenvalue weighted by atomic mass is 10.2. The molecule has 0 spiro atoms. The number of benzene rings is 1. The number of imidazole rings is 1. The molecule has 0 unspecified atom stereocenters. The van der Waals surface area contributed by atoms with E-state index in [2.05, 4.69) is 28.7 Å². The summed E-state index contributed by atoms with van der Waals surface area (Å²) in [6.45, 7) is 7.14. The van der Waals surface area contributed by atoms with Crippen LogP contribution in [0.4, 0.5) is 11.6 Å². The molecule has 0 amide bonds. The highest BCUT2D eigenvalue weighted by molar-refractivity contribution is 7.90. The zero-order chi connectivity index (χ0) is 15.6. The van der Waals surface area contributed by atoms with Crippen LogP contribution < -0.4 is 5.32 Å². The number of rotatable bonds is 5. The Morgan fingerprint density at radius 1 is 1.24 bits per heavy atom. The lowest BCUT2D eigenvalue weighted by Gasteiger charge is -2.12. The van der Waals surface area contributed by atoms with Gasteiger partial charge in [0.2, 0.25) is 5.95 Å². The molecule has 1 N–H and O–H groups in total. The van der Waals surface area contributed by atoms with E-state index in [1.807, 2.05) is 13.1 Å². The largest absolute Gasteiger partial charge is 0.326 e. The Morgan fingerprint density at radius 3 is 2.38 bits per heavy atom. The number of hydrogen-bond donors (Lipinski definition) is 1. The number of anilines is 2. The minimum absolute atomic E-state index is 0.315. The molecular weight excluding hydrogens is 286 g/mol. The molecule has 1 heterocycles. The lowest BCUT2D eigenvalue weighted by Crippen LogP contribution is -2.07. The first-order chi connectivity index (χ1) is 9.75. The van der Waals surface area contributed by atoms with Crippen molar-refractivity contribution in [1.82, 2.24) is 9.55 Å². The summed E-state index contributed by atoms with van der Waals surface area (Å²) in [7, 11) is -3.16. The molecule has 0 saturated heterocycles. The van der Waals surface area contributed by atoms with Crippen LogP contribution in [0.1, 0.15) is 19.5 Å². The molecule has 6 heteroatoms. The summed E-state index contributed by atoms with van der Waals surface area (Å²) in [5, 5.41) is 3.23. The molecule has 2 aromatic rings. The molecule has 21 heavy (non-hydrogen) atoms. The molecule has 5 nitrogen and oxygen atoms in total. The van der Waals surface area contributed by atoms with E-state index in [4.69, 9.17) is 0 Å². The fraction of sp³-hybridized carbons (Fsp3) is 0.400. The van der Waals surface area contributed by atoms with Crippen LogP contribution >= 0.6 is 0 Å². The van der Waals surface area contributed by atoms with Crippen molar-refractivity contribution in [2.45, 2.75) is 32.2 Å². The molecule has 0 saturated carbocycles. The molecule has 0 fully saturated rings. The third kappa shape index (κ3) is 4.07. The van der Waals surface area contributed by atoms with Crippen LogP contribution in [0.25, 0.3) is 0 Å². The number of nitrogens with one attached hydrogen (secondary N) is 1. The van der Waals surface area contributed by atoms with E-state index in [1.54, 1.807) is 24.3 Å². The summed E-state index contributed by atoms with van der Waals surface area (Å²) in [6, 6.07) is 6.70. The summed E-state index contributed by atoms with van der Waals surface area (Å²) in [5.74, 6) is 1.29. The summed E-state index contributed by atoms with van der Waals surface area (Å²) < 4.78 is 25.0. The third-order valence-corrected chi connectivity index (χ3v) is 4.13. The van der Waals surface area contributed by atoms with Gasteiger partial charge < -0.3 is 9.88 Å². The quantitative estimate of drug-likeness (QED) is 0.922. The van der Waals surface area contributed by atoms with Crippen LogP contribution in [0.15, 0.2) is 35.4 Å². The Hall–Kier alpha value is -1.82. The monoisotopic (exact) mass is 307 g/mol. The summed E-state index contributed by atoms with van der Waals surface area (Å²) in [6.07, 6.45) is 3.21. The number of hydrogen-bond acceptors (Lipinski definition) is 4. The minimum atomic E-state index is -3.16. The number of nitrogens with zero attached hydrogens (tertiary/aromatic N) is 2. The van der Waals surface area contributed by atoms with E-state index in [1.165, 1.54) is 6.26 Å². The summed E-state index contributed by atoms with van der Waals surface area (Å²) in [4.78, 5) is 4.78. The Balaban J connectivity index is 2.22. The van der Waals surface area contributed by atoms with Crippen LogP contribution in [-0.2, 0) is 16.4 Å². The molecule has 1 aromatic carbocycles. The zero-order valence-electron chi connectivity index (χ0n) is 12.8. The van der Waals surface area contributed by atoms with Crippen molar-refractivity contribution in [2.24, 2.45) is 5.92 Å². The van der Waals surface area contributed by atoms with Gasteiger partial charge >= 0.3 is 0 Å². The van der Waals surface area contributed by atoms with Gasteiger partial charge in [0.15, 0.2) is 9.84 Å². The second-order valence-corrected chi connectivity index (χ2v) is 7.69. The molecule has 0 aliphatic heterocycles. The summed E-state index contributed by atoms with van der Waals surface area (Å²) in [5.41, 5.74) is 1.77. The van der Waals surface area contributed by atoms with E-state index in [9.17, 15) is 8.42 Å². The SMILES string of the molecule is Cc1cn(CC(C)C)c(Nc2ccc(S(C)(=O)=O)cc2)n1. The highest BCUT2D eigenvalue weighted by Crippen LogP contribution is 2.19. The fourth-order valence-electron chi connectivity index (χ4n) is 2.09. The van der Waals surface area contributed by atoms with Gasteiger partial charge in [0.25, 0.3) is 0 Å². The average Bonchev–Trinajstić information content (AvgIpc) is 2.68. The maximum Gasteiger partial charge on any atom is 0.207 e. The maximum atomic E-state index is 11.4. The van der Waals surface area contributed by atoms with Gasteiger partial charge in [0.05, 0.1) is 10.6 Å². The second-order valence-electron chi connectivity index (χ2n) is 5.67. The van der Waals surface area contributed by atoms with E-state index in [0.29, 0.717) is 10.8 Å². The number of aryl methyl sites for hydroxylation is 1. The van der Waals surface area contributed by atoms with Crippen molar-refractivity contribution in [3.05, 3.63) is 36.2 Å². The number of aromatic nitrogens is 2. The third-order valence-electron chi connectivity index (χ3n) is 3.00. The van der Waals surface area contributed by atoms with Gasteiger partial charge in [0.1, 0.15) is 0 Å². The molecule has 1 aromatic heterocycles. The first-order valence-electron chi connectivity index (χ1n) is 6.86. The van der Waals surface area contributed by atoms with Crippen molar-refractivity contribution < 1.29 is 8.42 Å². The van der Waals surface area contributed by atoms with Crippen LogP contribution in [0.2, 0.25) is 0 Å². The van der Waals surface area contributed by atoms with E-state index in [-0.39, 0.29) is 0 Å². The van der Waals surface area contributed by atoms with Gasteiger partial charge in [-0.2, -0.15) is 0 Å². The van der Waals surface area contributed by atoms with E-state index < -0.39 is 9.84 Å². The standard InChI is InChI=1S/C15H21N3O2S/c1-11(2)9-18-10-12(3)16-15(18)17-13-5-7-14(8-6-13)21(4,19)20/h5-8,10-11H,9H2,1-4H3,(H,16,17). The molecule has 0 bridgehead atoms. The van der Waals surface area contributed by atoms with Crippen LogP contribution in [0.3, 0.4) is 0 Å². The Morgan fingerprint density at radius 2 is 1.86 bits per heavy atom. The predicted octanol–water partition coefficient (Wildman–Crippen LogP) is 2.99. The predicted molar refractivity (Wildman–Crippen MR) is 84.6 cm³/mol. The van der Waals surface area contributed by atoms with Crippen molar-refractivity contribution in [3.8, 4) is 0 Å². The lowest BCUT2D eigenvalue weighted by molar-refractivity contribution is 0.527. The molecule has 0 aliphatic rings.